The molecule has 1 aromatic carbocycles. The van der Waals surface area contributed by atoms with Gasteiger partial charge in [-0.15, -0.1) is 11.3 Å². The number of rotatable bonds is 6. The molecule has 1 aliphatic rings. The summed E-state index contributed by atoms with van der Waals surface area (Å²) in [6.07, 6.45) is 5.36. The van der Waals surface area contributed by atoms with Gasteiger partial charge >= 0.3 is 0 Å². The molecule has 1 atom stereocenters. The first-order valence-corrected chi connectivity index (χ1v) is 8.86. The number of hydrogen-bond donors (Lipinski definition) is 1. The lowest BCUT2D eigenvalue weighted by atomic mass is 10.0. The number of halogens is 1. The molecule has 19 heavy (non-hydrogen) atoms. The number of thiophene rings is 1. The Hall–Kier alpha value is -0.380. The molecule has 0 aliphatic heterocycles. The molecule has 3 heteroatoms. The molecule has 0 amide bonds. The summed E-state index contributed by atoms with van der Waals surface area (Å²) in [4.78, 5) is 0. The summed E-state index contributed by atoms with van der Waals surface area (Å²) in [7, 11) is 0. The van der Waals surface area contributed by atoms with Crippen molar-refractivity contribution in [3.63, 3.8) is 0 Å². The van der Waals surface area contributed by atoms with E-state index in [9.17, 15) is 0 Å². The summed E-state index contributed by atoms with van der Waals surface area (Å²) in [5, 5.41) is 7.52. The summed E-state index contributed by atoms with van der Waals surface area (Å²) < 4.78 is 2.61. The number of hydrogen-bond acceptors (Lipinski definition) is 2. The first-order valence-electron chi connectivity index (χ1n) is 7.18. The molecule has 1 aromatic heterocycles. The molecule has 0 spiro atoms. The highest BCUT2D eigenvalue weighted by molar-refractivity contribution is 9.10. The summed E-state index contributed by atoms with van der Waals surface area (Å²) in [6.45, 7) is 3.35. The summed E-state index contributed by atoms with van der Waals surface area (Å²) in [5.41, 5.74) is 1.50. The first kappa shape index (κ1) is 13.6. The van der Waals surface area contributed by atoms with Gasteiger partial charge in [-0.2, -0.15) is 0 Å². The molecule has 1 unspecified atom stereocenters. The van der Waals surface area contributed by atoms with Crippen LogP contribution in [-0.4, -0.2) is 6.54 Å². The maximum Gasteiger partial charge on any atom is 0.0488 e. The maximum atomic E-state index is 3.75. The number of nitrogens with one attached hydrogen (secondary N) is 1. The van der Waals surface area contributed by atoms with E-state index in [0.717, 1.165) is 12.5 Å². The van der Waals surface area contributed by atoms with E-state index in [2.05, 4.69) is 51.7 Å². The molecular weight excluding hydrogens is 318 g/mol. The van der Waals surface area contributed by atoms with Gasteiger partial charge in [0.25, 0.3) is 0 Å². The van der Waals surface area contributed by atoms with E-state index < -0.39 is 0 Å². The van der Waals surface area contributed by atoms with E-state index in [1.165, 1.54) is 45.8 Å². The Balaban J connectivity index is 1.91. The average molecular weight is 338 g/mol. The molecule has 0 bridgehead atoms. The van der Waals surface area contributed by atoms with Crippen LogP contribution < -0.4 is 5.32 Å². The van der Waals surface area contributed by atoms with Crippen LogP contribution in [0.15, 0.2) is 28.1 Å². The van der Waals surface area contributed by atoms with Crippen molar-refractivity contribution in [2.75, 3.05) is 6.54 Å². The molecule has 3 rings (SSSR count). The van der Waals surface area contributed by atoms with Crippen molar-refractivity contribution in [1.29, 1.82) is 0 Å². The van der Waals surface area contributed by atoms with Crippen LogP contribution in [0, 0.1) is 5.92 Å². The van der Waals surface area contributed by atoms with Crippen LogP contribution in [0.5, 0.6) is 0 Å². The maximum absolute atomic E-state index is 3.75. The highest BCUT2D eigenvalue weighted by Crippen LogP contribution is 2.41. The highest BCUT2D eigenvalue weighted by atomic mass is 79.9. The van der Waals surface area contributed by atoms with Gasteiger partial charge in [0.05, 0.1) is 0 Å². The average Bonchev–Trinajstić information content (AvgIpc) is 3.12. The number of fused-ring (bicyclic) bond motifs is 1. The third-order valence-electron chi connectivity index (χ3n) is 3.86. The van der Waals surface area contributed by atoms with Crippen LogP contribution in [0.4, 0.5) is 0 Å². The molecule has 0 radical (unpaired) electrons. The van der Waals surface area contributed by atoms with Crippen LogP contribution in [0.2, 0.25) is 0 Å². The van der Waals surface area contributed by atoms with Gasteiger partial charge in [-0.1, -0.05) is 31.9 Å². The van der Waals surface area contributed by atoms with Crippen LogP contribution in [0.3, 0.4) is 0 Å². The van der Waals surface area contributed by atoms with Crippen LogP contribution in [-0.2, 0) is 0 Å². The molecule has 1 heterocycles. The Kier molecular flexibility index (Phi) is 4.25. The van der Waals surface area contributed by atoms with Crippen molar-refractivity contribution < 1.29 is 0 Å². The SMILES string of the molecule is CCCNC(CC1CC1)c1csc2c(Br)cccc12. The molecule has 0 saturated heterocycles. The van der Waals surface area contributed by atoms with Crippen LogP contribution in [0.25, 0.3) is 10.1 Å². The normalized spacial score (nSPS) is 16.9. The molecule has 102 valence electrons. The molecule has 2 aromatic rings. The second-order valence-corrected chi connectivity index (χ2v) is 7.23. The van der Waals surface area contributed by atoms with Gasteiger partial charge in [-0.3, -0.25) is 0 Å². The predicted octanol–water partition coefficient (Wildman–Crippen LogP) is 5.50. The topological polar surface area (TPSA) is 12.0 Å². The fourth-order valence-electron chi connectivity index (χ4n) is 2.64. The van der Waals surface area contributed by atoms with Crippen molar-refractivity contribution in [2.24, 2.45) is 5.92 Å². The van der Waals surface area contributed by atoms with Gasteiger partial charge in [-0.05, 0) is 63.6 Å². The van der Waals surface area contributed by atoms with Crippen LogP contribution >= 0.6 is 27.3 Å². The highest BCUT2D eigenvalue weighted by Gasteiger charge is 2.27. The fraction of sp³-hybridized carbons (Fsp3) is 0.500. The Morgan fingerprint density at radius 3 is 3.00 bits per heavy atom. The van der Waals surface area contributed by atoms with E-state index in [-0.39, 0.29) is 0 Å². The Labute approximate surface area is 127 Å². The first-order chi connectivity index (χ1) is 9.29. The van der Waals surface area contributed by atoms with Gasteiger partial charge in [0.2, 0.25) is 0 Å². The molecule has 1 saturated carbocycles. The van der Waals surface area contributed by atoms with Gasteiger partial charge in [0, 0.05) is 15.2 Å². The van der Waals surface area contributed by atoms with Crippen molar-refractivity contribution in [3.05, 3.63) is 33.6 Å². The molecule has 1 N–H and O–H groups in total. The zero-order chi connectivity index (χ0) is 13.2. The van der Waals surface area contributed by atoms with Crippen molar-refractivity contribution in [3.8, 4) is 0 Å². The van der Waals surface area contributed by atoms with Gasteiger partial charge < -0.3 is 5.32 Å². The van der Waals surface area contributed by atoms with Gasteiger partial charge in [0.15, 0.2) is 0 Å². The minimum absolute atomic E-state index is 0.537. The minimum Gasteiger partial charge on any atom is -0.310 e. The molecule has 1 aliphatic carbocycles. The summed E-state index contributed by atoms with van der Waals surface area (Å²) in [5.74, 6) is 0.955. The van der Waals surface area contributed by atoms with E-state index >= 15 is 0 Å². The molecule has 1 nitrogen and oxygen atoms in total. The lowest BCUT2D eigenvalue weighted by Crippen LogP contribution is -2.22. The third-order valence-corrected chi connectivity index (χ3v) is 5.83. The summed E-state index contributed by atoms with van der Waals surface area (Å²) >= 11 is 5.53. The predicted molar refractivity (Wildman–Crippen MR) is 87.9 cm³/mol. The second kappa shape index (κ2) is 5.94. The third kappa shape index (κ3) is 3.04. The van der Waals surface area contributed by atoms with Crippen molar-refractivity contribution >= 4 is 37.4 Å². The zero-order valence-electron chi connectivity index (χ0n) is 11.3. The quantitative estimate of drug-likeness (QED) is 0.733. The number of benzene rings is 1. The van der Waals surface area contributed by atoms with E-state index in [0.29, 0.717) is 6.04 Å². The van der Waals surface area contributed by atoms with Crippen molar-refractivity contribution in [1.82, 2.24) is 5.32 Å². The zero-order valence-corrected chi connectivity index (χ0v) is 13.7. The van der Waals surface area contributed by atoms with Gasteiger partial charge in [-0.25, -0.2) is 0 Å². The Bertz CT molecular complexity index is 559. The monoisotopic (exact) mass is 337 g/mol. The lowest BCUT2D eigenvalue weighted by Gasteiger charge is -2.18. The smallest absolute Gasteiger partial charge is 0.0488 e. The fourth-order valence-corrected chi connectivity index (χ4v) is 4.31. The molecule has 1 fully saturated rings. The molecular formula is C16H20BrNS. The van der Waals surface area contributed by atoms with E-state index in [1.54, 1.807) is 0 Å². The second-order valence-electron chi connectivity index (χ2n) is 5.49. The van der Waals surface area contributed by atoms with Crippen LogP contribution in [0.1, 0.15) is 44.2 Å². The largest absolute Gasteiger partial charge is 0.310 e. The Morgan fingerprint density at radius 1 is 1.42 bits per heavy atom. The van der Waals surface area contributed by atoms with E-state index in [4.69, 9.17) is 0 Å². The lowest BCUT2D eigenvalue weighted by molar-refractivity contribution is 0.477. The Morgan fingerprint density at radius 2 is 2.26 bits per heavy atom. The van der Waals surface area contributed by atoms with Crippen molar-refractivity contribution in [2.45, 2.75) is 38.6 Å². The van der Waals surface area contributed by atoms with Gasteiger partial charge in [0.1, 0.15) is 0 Å². The summed E-state index contributed by atoms with van der Waals surface area (Å²) in [6, 6.07) is 7.09. The van der Waals surface area contributed by atoms with E-state index in [1.807, 2.05) is 11.3 Å². The standard InChI is InChI=1S/C16H20BrNS/c1-2-8-18-15(9-11-6-7-11)13-10-19-16-12(13)4-3-5-14(16)17/h3-5,10-11,15,18H,2,6-9H2,1H3. The minimum atomic E-state index is 0.537.